The van der Waals surface area contributed by atoms with Gasteiger partial charge < -0.3 is 10.0 Å². The first-order chi connectivity index (χ1) is 8.54. The summed E-state index contributed by atoms with van der Waals surface area (Å²) in [6.07, 6.45) is 0.133. The molecule has 0 fully saturated rings. The number of carbonyl (C=O) groups is 2. The third kappa shape index (κ3) is 7.75. The minimum atomic E-state index is -4.11. The summed E-state index contributed by atoms with van der Waals surface area (Å²) < 4.78 is 29.6. The van der Waals surface area contributed by atoms with Gasteiger partial charge in [-0.15, -0.1) is 0 Å². The van der Waals surface area contributed by atoms with E-state index < -0.39 is 27.9 Å². The number of nitrogens with zero attached hydrogens (tertiary/aromatic N) is 2. The maximum absolute atomic E-state index is 11.6. The van der Waals surface area contributed by atoms with Gasteiger partial charge in [0, 0.05) is 20.0 Å². The first kappa shape index (κ1) is 17.8. The van der Waals surface area contributed by atoms with Crippen LogP contribution in [0.4, 0.5) is 0 Å². The Hall–Kier alpha value is -1.19. The normalized spacial score (nSPS) is 13.3. The number of carboxylic acid groups (broad SMARTS) is 1. The molecule has 112 valence electrons. The van der Waals surface area contributed by atoms with Crippen molar-refractivity contribution in [2.75, 3.05) is 33.4 Å². The van der Waals surface area contributed by atoms with Crippen LogP contribution in [-0.4, -0.2) is 79.2 Å². The fourth-order valence-electron chi connectivity index (χ4n) is 1.43. The lowest BCUT2D eigenvalue weighted by Gasteiger charge is -2.21. The quantitative estimate of drug-likeness (QED) is 0.559. The minimum absolute atomic E-state index is 0.00285. The molecule has 0 spiro atoms. The van der Waals surface area contributed by atoms with Gasteiger partial charge in [-0.25, -0.2) is 0 Å². The third-order valence-corrected chi connectivity index (χ3v) is 3.35. The van der Waals surface area contributed by atoms with Crippen LogP contribution in [0.25, 0.3) is 0 Å². The predicted octanol–water partition coefficient (Wildman–Crippen LogP) is -0.872. The lowest BCUT2D eigenvalue weighted by molar-refractivity contribution is -0.142. The Morgan fingerprint density at radius 3 is 2.11 bits per heavy atom. The van der Waals surface area contributed by atoms with Crippen LogP contribution in [0.2, 0.25) is 0 Å². The maximum Gasteiger partial charge on any atom is 0.320 e. The van der Waals surface area contributed by atoms with Crippen molar-refractivity contribution >= 4 is 22.0 Å². The summed E-state index contributed by atoms with van der Waals surface area (Å²) in [5.41, 5.74) is 0. The van der Waals surface area contributed by atoms with Gasteiger partial charge in [0.25, 0.3) is 10.1 Å². The van der Waals surface area contributed by atoms with Gasteiger partial charge in [0.1, 0.15) is 6.04 Å². The Morgan fingerprint density at radius 1 is 1.21 bits per heavy atom. The van der Waals surface area contributed by atoms with Crippen molar-refractivity contribution in [3.8, 4) is 0 Å². The van der Waals surface area contributed by atoms with E-state index in [1.165, 1.54) is 11.9 Å². The van der Waals surface area contributed by atoms with E-state index in [0.717, 1.165) is 4.90 Å². The summed E-state index contributed by atoms with van der Waals surface area (Å²) in [5, 5.41) is 8.93. The van der Waals surface area contributed by atoms with Gasteiger partial charge >= 0.3 is 5.97 Å². The number of aliphatic carboxylic acids is 1. The van der Waals surface area contributed by atoms with Crippen LogP contribution in [0.5, 0.6) is 0 Å². The number of rotatable bonds is 8. The molecule has 0 aliphatic rings. The molecule has 0 bridgehead atoms. The first-order valence-corrected chi connectivity index (χ1v) is 7.24. The van der Waals surface area contributed by atoms with Gasteiger partial charge in [-0.2, -0.15) is 8.42 Å². The highest BCUT2D eigenvalue weighted by Gasteiger charge is 2.22. The summed E-state index contributed by atoms with van der Waals surface area (Å²) in [6, 6.07) is -0.765. The molecule has 9 heteroatoms. The average molecular weight is 296 g/mol. The van der Waals surface area contributed by atoms with E-state index in [0.29, 0.717) is 0 Å². The Balaban J connectivity index is 4.26. The highest BCUT2D eigenvalue weighted by molar-refractivity contribution is 7.85. The number of amides is 1. The molecule has 0 aromatic heterocycles. The van der Waals surface area contributed by atoms with Gasteiger partial charge in [0.05, 0.1) is 5.75 Å². The van der Waals surface area contributed by atoms with Gasteiger partial charge in [0.2, 0.25) is 5.91 Å². The molecule has 0 heterocycles. The molecule has 19 heavy (non-hydrogen) atoms. The Morgan fingerprint density at radius 2 is 1.74 bits per heavy atom. The van der Waals surface area contributed by atoms with Crippen molar-refractivity contribution in [2.24, 2.45) is 0 Å². The third-order valence-electron chi connectivity index (χ3n) is 2.65. The Labute approximate surface area is 112 Å². The summed E-state index contributed by atoms with van der Waals surface area (Å²) in [5.74, 6) is -1.92. The predicted molar refractivity (Wildman–Crippen MR) is 68.4 cm³/mol. The molecule has 1 unspecified atom stereocenters. The smallest absolute Gasteiger partial charge is 0.320 e. The van der Waals surface area contributed by atoms with E-state index in [1.54, 1.807) is 14.1 Å². The number of hydrogen-bond donors (Lipinski definition) is 2. The molecule has 0 aromatic carbocycles. The summed E-state index contributed by atoms with van der Waals surface area (Å²) in [7, 11) is 0.500. The van der Waals surface area contributed by atoms with E-state index in [-0.39, 0.29) is 25.3 Å². The van der Waals surface area contributed by atoms with E-state index in [4.69, 9.17) is 9.66 Å². The van der Waals surface area contributed by atoms with Crippen molar-refractivity contribution in [2.45, 2.75) is 18.9 Å². The lowest BCUT2D eigenvalue weighted by atomic mass is 10.1. The SMILES string of the molecule is CN(CCS(=O)(=O)O)C(=O)CCC(C(=O)O)N(C)C. The van der Waals surface area contributed by atoms with Crippen molar-refractivity contribution in [1.29, 1.82) is 0 Å². The molecule has 0 radical (unpaired) electrons. The van der Waals surface area contributed by atoms with Gasteiger partial charge in [0.15, 0.2) is 0 Å². The standard InChI is InChI=1S/C10H20N2O6S/c1-11(2)8(10(14)15)4-5-9(13)12(3)6-7-19(16,17)18/h8H,4-7H2,1-3H3,(H,14,15)(H,16,17,18). The second-order valence-corrected chi connectivity index (χ2v) is 6.03. The molecule has 2 N–H and O–H groups in total. The lowest BCUT2D eigenvalue weighted by Crippen LogP contribution is -2.38. The fraction of sp³-hybridized carbons (Fsp3) is 0.800. The average Bonchev–Trinajstić information content (AvgIpc) is 2.23. The van der Waals surface area contributed by atoms with Crippen molar-refractivity contribution in [1.82, 2.24) is 9.80 Å². The van der Waals surface area contributed by atoms with E-state index >= 15 is 0 Å². The van der Waals surface area contributed by atoms with Crippen LogP contribution in [0.3, 0.4) is 0 Å². The van der Waals surface area contributed by atoms with Crippen molar-refractivity contribution < 1.29 is 27.7 Å². The van der Waals surface area contributed by atoms with Crippen molar-refractivity contribution in [3.63, 3.8) is 0 Å². The molecule has 1 atom stereocenters. The number of likely N-dealkylation sites (N-methyl/N-ethyl adjacent to an activating group) is 1. The van der Waals surface area contributed by atoms with E-state index in [1.807, 2.05) is 0 Å². The van der Waals surface area contributed by atoms with Crippen LogP contribution in [0.15, 0.2) is 0 Å². The molecule has 1 amide bonds. The van der Waals surface area contributed by atoms with Crippen LogP contribution in [0.1, 0.15) is 12.8 Å². The van der Waals surface area contributed by atoms with Crippen LogP contribution in [0, 0.1) is 0 Å². The minimum Gasteiger partial charge on any atom is -0.480 e. The molecule has 0 saturated carbocycles. The van der Waals surface area contributed by atoms with E-state index in [9.17, 15) is 18.0 Å². The van der Waals surface area contributed by atoms with Crippen LogP contribution < -0.4 is 0 Å². The number of carboxylic acids is 1. The Kier molecular flexibility index (Phi) is 6.95. The molecule has 0 saturated heterocycles. The van der Waals surface area contributed by atoms with Crippen LogP contribution >= 0.6 is 0 Å². The van der Waals surface area contributed by atoms with Crippen LogP contribution in [-0.2, 0) is 19.7 Å². The largest absolute Gasteiger partial charge is 0.480 e. The molecule has 0 rings (SSSR count). The highest BCUT2D eigenvalue weighted by Crippen LogP contribution is 2.06. The zero-order valence-electron chi connectivity index (χ0n) is 11.2. The molecule has 0 aliphatic heterocycles. The first-order valence-electron chi connectivity index (χ1n) is 5.63. The second-order valence-electron chi connectivity index (χ2n) is 4.46. The Bertz CT molecular complexity index is 420. The van der Waals surface area contributed by atoms with Gasteiger partial charge in [-0.05, 0) is 20.5 Å². The summed E-state index contributed by atoms with van der Waals surface area (Å²) in [4.78, 5) is 25.2. The molecular formula is C10H20N2O6S. The number of carbonyl (C=O) groups excluding carboxylic acids is 1. The van der Waals surface area contributed by atoms with E-state index in [2.05, 4.69) is 0 Å². The molecule has 0 aromatic rings. The van der Waals surface area contributed by atoms with Crippen molar-refractivity contribution in [3.05, 3.63) is 0 Å². The summed E-state index contributed by atoms with van der Waals surface area (Å²) >= 11 is 0. The molecular weight excluding hydrogens is 276 g/mol. The zero-order valence-corrected chi connectivity index (χ0v) is 12.1. The topological polar surface area (TPSA) is 115 Å². The molecule has 8 nitrogen and oxygen atoms in total. The second kappa shape index (κ2) is 7.41. The summed E-state index contributed by atoms with van der Waals surface area (Å²) in [6.45, 7) is -0.128. The highest BCUT2D eigenvalue weighted by atomic mass is 32.2. The van der Waals surface area contributed by atoms with Gasteiger partial charge in [-0.1, -0.05) is 0 Å². The molecule has 0 aliphatic carbocycles. The number of hydrogen-bond acceptors (Lipinski definition) is 5. The van der Waals surface area contributed by atoms with Gasteiger partial charge in [-0.3, -0.25) is 19.0 Å². The monoisotopic (exact) mass is 296 g/mol. The maximum atomic E-state index is 11.6. The fourth-order valence-corrected chi connectivity index (χ4v) is 1.94. The zero-order chi connectivity index (χ0) is 15.2.